The van der Waals surface area contributed by atoms with Crippen LogP contribution in [0.5, 0.6) is 0 Å². The largest absolute Gasteiger partial charge is 0.391 e. The van der Waals surface area contributed by atoms with Crippen LogP contribution in [-0.4, -0.2) is 35.2 Å². The number of rotatable bonds is 6. The van der Waals surface area contributed by atoms with E-state index in [4.69, 9.17) is 0 Å². The average molecular weight is 281 g/mol. The van der Waals surface area contributed by atoms with Crippen LogP contribution in [0.1, 0.15) is 72.6 Å². The first-order valence-corrected chi connectivity index (χ1v) is 8.90. The van der Waals surface area contributed by atoms with Crippen LogP contribution in [0.2, 0.25) is 0 Å². The van der Waals surface area contributed by atoms with E-state index in [-0.39, 0.29) is 6.10 Å². The van der Waals surface area contributed by atoms with Crippen LogP contribution in [0, 0.1) is 17.3 Å². The van der Waals surface area contributed by atoms with Crippen LogP contribution in [0.25, 0.3) is 0 Å². The number of likely N-dealkylation sites (N-methyl/N-ethyl adjacent to an activating group) is 1. The van der Waals surface area contributed by atoms with E-state index in [2.05, 4.69) is 32.6 Å². The van der Waals surface area contributed by atoms with Gasteiger partial charge in [0.15, 0.2) is 0 Å². The van der Waals surface area contributed by atoms with Crippen molar-refractivity contribution in [2.75, 3.05) is 13.1 Å². The van der Waals surface area contributed by atoms with Crippen molar-refractivity contribution in [1.29, 1.82) is 0 Å². The van der Waals surface area contributed by atoms with Crippen LogP contribution in [-0.2, 0) is 0 Å². The van der Waals surface area contributed by atoms with Gasteiger partial charge in [0, 0.05) is 12.6 Å². The Hall–Kier alpha value is -0.0800. The molecule has 0 aliphatic heterocycles. The lowest BCUT2D eigenvalue weighted by molar-refractivity contribution is -0.0278. The molecule has 3 atom stereocenters. The molecule has 0 aromatic rings. The molecule has 2 fully saturated rings. The maximum absolute atomic E-state index is 10.5. The molecule has 2 heteroatoms. The zero-order chi connectivity index (χ0) is 14.8. The maximum Gasteiger partial charge on any atom is 0.0695 e. The lowest BCUT2D eigenvalue weighted by Gasteiger charge is -2.46. The van der Waals surface area contributed by atoms with Gasteiger partial charge in [0.25, 0.3) is 0 Å². The molecule has 0 heterocycles. The van der Waals surface area contributed by atoms with Crippen LogP contribution < -0.4 is 0 Å². The van der Waals surface area contributed by atoms with Crippen LogP contribution >= 0.6 is 0 Å². The minimum atomic E-state index is -0.0982. The smallest absolute Gasteiger partial charge is 0.0695 e. The molecule has 1 N–H and O–H groups in total. The van der Waals surface area contributed by atoms with Crippen LogP contribution in [0.15, 0.2) is 0 Å². The van der Waals surface area contributed by atoms with Crippen molar-refractivity contribution in [2.45, 2.75) is 84.8 Å². The molecule has 2 aliphatic carbocycles. The van der Waals surface area contributed by atoms with E-state index >= 15 is 0 Å². The Kier molecular flexibility index (Phi) is 5.53. The molecule has 2 aliphatic rings. The van der Waals surface area contributed by atoms with Gasteiger partial charge in [-0.1, -0.05) is 40.5 Å². The summed E-state index contributed by atoms with van der Waals surface area (Å²) in [5.74, 6) is 1.68. The highest BCUT2D eigenvalue weighted by Crippen LogP contribution is 2.42. The molecule has 0 saturated heterocycles. The predicted octanol–water partition coefficient (Wildman–Crippen LogP) is 4.07. The van der Waals surface area contributed by atoms with Crippen molar-refractivity contribution in [1.82, 2.24) is 4.90 Å². The first-order valence-electron chi connectivity index (χ1n) is 8.90. The highest BCUT2D eigenvalue weighted by Gasteiger charge is 2.39. The average Bonchev–Trinajstić information content (AvgIpc) is 2.39. The standard InChI is InChI=1S/C18H35NO/c1-5-18(3,4)15-10-11-17(20)16(12-15)19(6-2)13-14-8-7-9-14/h14-17,20H,5-13H2,1-4H3. The molecule has 20 heavy (non-hydrogen) atoms. The minimum absolute atomic E-state index is 0.0982. The Bertz CT molecular complexity index is 298. The summed E-state index contributed by atoms with van der Waals surface area (Å²) in [5, 5.41) is 10.5. The molecule has 2 rings (SSSR count). The Morgan fingerprint density at radius 1 is 1.10 bits per heavy atom. The summed E-state index contributed by atoms with van der Waals surface area (Å²) in [5.41, 5.74) is 0.425. The fourth-order valence-corrected chi connectivity index (χ4v) is 4.03. The van der Waals surface area contributed by atoms with Crippen molar-refractivity contribution in [3.8, 4) is 0 Å². The Labute approximate surface area is 125 Å². The van der Waals surface area contributed by atoms with Gasteiger partial charge in [0.05, 0.1) is 6.10 Å². The van der Waals surface area contributed by atoms with E-state index in [0.717, 1.165) is 24.8 Å². The Morgan fingerprint density at radius 2 is 1.80 bits per heavy atom. The molecule has 118 valence electrons. The Balaban J connectivity index is 1.99. The molecule has 2 nitrogen and oxygen atoms in total. The summed E-state index contributed by atoms with van der Waals surface area (Å²) in [6.45, 7) is 11.7. The van der Waals surface area contributed by atoms with E-state index in [0.29, 0.717) is 11.5 Å². The summed E-state index contributed by atoms with van der Waals surface area (Å²) in [6, 6.07) is 0.408. The van der Waals surface area contributed by atoms with Crippen molar-refractivity contribution in [3.63, 3.8) is 0 Å². The molecule has 0 bridgehead atoms. The monoisotopic (exact) mass is 281 g/mol. The normalized spacial score (nSPS) is 32.4. The van der Waals surface area contributed by atoms with Crippen molar-refractivity contribution < 1.29 is 5.11 Å². The molecular formula is C18H35NO. The lowest BCUT2D eigenvalue weighted by Crippen LogP contribution is -2.51. The first-order chi connectivity index (χ1) is 9.47. The number of aliphatic hydroxyl groups is 1. The second kappa shape index (κ2) is 6.79. The van der Waals surface area contributed by atoms with Gasteiger partial charge in [-0.05, 0) is 55.9 Å². The molecule has 3 unspecified atom stereocenters. The molecular weight excluding hydrogens is 246 g/mol. The Morgan fingerprint density at radius 3 is 2.30 bits per heavy atom. The van der Waals surface area contributed by atoms with Crippen molar-refractivity contribution >= 4 is 0 Å². The van der Waals surface area contributed by atoms with Gasteiger partial charge in [-0.25, -0.2) is 0 Å². The predicted molar refractivity (Wildman–Crippen MR) is 85.8 cm³/mol. The second-order valence-corrected chi connectivity index (χ2v) is 7.87. The van der Waals surface area contributed by atoms with Gasteiger partial charge < -0.3 is 5.11 Å². The molecule has 2 saturated carbocycles. The highest BCUT2D eigenvalue weighted by atomic mass is 16.3. The van der Waals surface area contributed by atoms with Crippen LogP contribution in [0.3, 0.4) is 0 Å². The third kappa shape index (κ3) is 3.57. The third-order valence-electron chi connectivity index (χ3n) is 6.39. The third-order valence-corrected chi connectivity index (χ3v) is 6.39. The minimum Gasteiger partial charge on any atom is -0.391 e. The van der Waals surface area contributed by atoms with Gasteiger partial charge in [0.2, 0.25) is 0 Å². The number of nitrogens with zero attached hydrogens (tertiary/aromatic N) is 1. The van der Waals surface area contributed by atoms with Crippen molar-refractivity contribution in [3.05, 3.63) is 0 Å². The van der Waals surface area contributed by atoms with Crippen LogP contribution in [0.4, 0.5) is 0 Å². The molecule has 0 aromatic carbocycles. The van der Waals surface area contributed by atoms with E-state index < -0.39 is 0 Å². The number of hydrogen-bond acceptors (Lipinski definition) is 2. The molecule has 0 amide bonds. The van der Waals surface area contributed by atoms with E-state index in [1.807, 2.05) is 0 Å². The first kappa shape index (κ1) is 16.3. The maximum atomic E-state index is 10.5. The lowest BCUT2D eigenvalue weighted by atomic mass is 9.67. The molecule has 0 spiro atoms. The zero-order valence-corrected chi connectivity index (χ0v) is 14.1. The second-order valence-electron chi connectivity index (χ2n) is 7.87. The topological polar surface area (TPSA) is 23.5 Å². The van der Waals surface area contributed by atoms with Gasteiger partial charge in [-0.15, -0.1) is 0 Å². The van der Waals surface area contributed by atoms with Gasteiger partial charge in [-0.3, -0.25) is 4.90 Å². The van der Waals surface area contributed by atoms with Crippen molar-refractivity contribution in [2.24, 2.45) is 17.3 Å². The summed E-state index contributed by atoms with van der Waals surface area (Å²) in [6.07, 6.45) is 8.78. The number of aliphatic hydroxyl groups excluding tert-OH is 1. The summed E-state index contributed by atoms with van der Waals surface area (Å²) < 4.78 is 0. The van der Waals surface area contributed by atoms with Gasteiger partial charge in [0.1, 0.15) is 0 Å². The van der Waals surface area contributed by atoms with Gasteiger partial charge >= 0.3 is 0 Å². The quantitative estimate of drug-likeness (QED) is 0.793. The van der Waals surface area contributed by atoms with E-state index in [1.165, 1.54) is 45.1 Å². The number of hydrogen-bond donors (Lipinski definition) is 1. The zero-order valence-electron chi connectivity index (χ0n) is 14.1. The summed E-state index contributed by atoms with van der Waals surface area (Å²) >= 11 is 0. The SMILES string of the molecule is CCN(CC1CCC1)C1CC(C(C)(C)CC)CCC1O. The fraction of sp³-hybridized carbons (Fsp3) is 1.00. The van der Waals surface area contributed by atoms with Gasteiger partial charge in [-0.2, -0.15) is 0 Å². The molecule has 0 radical (unpaired) electrons. The van der Waals surface area contributed by atoms with E-state index in [9.17, 15) is 5.11 Å². The fourth-order valence-electron chi connectivity index (χ4n) is 4.03. The highest BCUT2D eigenvalue weighted by molar-refractivity contribution is 4.92. The molecule has 0 aromatic heterocycles. The summed E-state index contributed by atoms with van der Waals surface area (Å²) in [4.78, 5) is 2.59. The summed E-state index contributed by atoms with van der Waals surface area (Å²) in [7, 11) is 0. The van der Waals surface area contributed by atoms with E-state index in [1.54, 1.807) is 0 Å².